The van der Waals surface area contributed by atoms with Gasteiger partial charge in [-0.1, -0.05) is 13.8 Å². The van der Waals surface area contributed by atoms with Crippen molar-refractivity contribution in [1.29, 1.82) is 0 Å². The molecule has 2 N–H and O–H groups in total. The van der Waals surface area contributed by atoms with Crippen molar-refractivity contribution in [3.05, 3.63) is 23.3 Å². The van der Waals surface area contributed by atoms with E-state index in [9.17, 15) is 10.2 Å². The molecule has 1 fully saturated rings. The number of benzene rings is 1. The van der Waals surface area contributed by atoms with Gasteiger partial charge in [0.1, 0.15) is 0 Å². The Bertz CT molecular complexity index is 589. The van der Waals surface area contributed by atoms with Gasteiger partial charge in [0.25, 0.3) is 0 Å². The van der Waals surface area contributed by atoms with Crippen LogP contribution in [0.5, 0.6) is 11.5 Å². The summed E-state index contributed by atoms with van der Waals surface area (Å²) in [4.78, 5) is 2.32. The molecule has 0 aliphatic carbocycles. The third-order valence-electron chi connectivity index (χ3n) is 5.43. The maximum atomic E-state index is 10.8. The maximum Gasteiger partial charge on any atom is 0.161 e. The molecule has 5 heteroatoms. The molecule has 2 aliphatic heterocycles. The lowest BCUT2D eigenvalue weighted by Crippen LogP contribution is -2.56. The zero-order chi connectivity index (χ0) is 17.4. The van der Waals surface area contributed by atoms with Crippen LogP contribution < -0.4 is 9.47 Å². The molecule has 1 aromatic carbocycles. The van der Waals surface area contributed by atoms with Crippen molar-refractivity contribution >= 4 is 0 Å². The number of rotatable bonds is 4. The van der Waals surface area contributed by atoms with E-state index in [0.717, 1.165) is 31.5 Å². The van der Waals surface area contributed by atoms with Crippen molar-refractivity contribution in [1.82, 2.24) is 4.90 Å². The Balaban J connectivity index is 1.94. The molecule has 2 aliphatic rings. The standard InChI is InChI=1S/C19H29NO4/c1-11(2)7-13-10-20-6-5-12-8-15(23-3)16(24-4)9-14(12)17(20)19(22)18(13)21/h8-9,11,13,17-19,21-22H,5-7,10H2,1-4H3. The number of methoxy groups -OCH3 is 2. The molecule has 0 saturated carbocycles. The van der Waals surface area contributed by atoms with E-state index in [1.54, 1.807) is 14.2 Å². The molecule has 0 spiro atoms. The zero-order valence-corrected chi connectivity index (χ0v) is 15.0. The highest BCUT2D eigenvalue weighted by atomic mass is 16.5. The second-order valence-corrected chi connectivity index (χ2v) is 7.47. The summed E-state index contributed by atoms with van der Waals surface area (Å²) in [7, 11) is 3.25. The van der Waals surface area contributed by atoms with Crippen molar-refractivity contribution in [2.24, 2.45) is 11.8 Å². The number of ether oxygens (including phenoxy) is 2. The number of aliphatic hydroxyl groups excluding tert-OH is 2. The molecule has 3 rings (SSSR count). The summed E-state index contributed by atoms with van der Waals surface area (Å²) in [5, 5.41) is 21.5. The molecule has 134 valence electrons. The molecule has 1 saturated heterocycles. The second-order valence-electron chi connectivity index (χ2n) is 7.47. The highest BCUT2D eigenvalue weighted by molar-refractivity contribution is 5.50. The Morgan fingerprint density at radius 1 is 1.12 bits per heavy atom. The van der Waals surface area contributed by atoms with Crippen molar-refractivity contribution < 1.29 is 19.7 Å². The van der Waals surface area contributed by atoms with E-state index in [1.807, 2.05) is 12.1 Å². The van der Waals surface area contributed by atoms with E-state index < -0.39 is 12.2 Å². The van der Waals surface area contributed by atoms with Crippen LogP contribution in [0.25, 0.3) is 0 Å². The van der Waals surface area contributed by atoms with Gasteiger partial charge < -0.3 is 19.7 Å². The van der Waals surface area contributed by atoms with Crippen LogP contribution in [0, 0.1) is 11.8 Å². The molecule has 0 radical (unpaired) electrons. The van der Waals surface area contributed by atoms with Crippen molar-refractivity contribution in [3.8, 4) is 11.5 Å². The molecule has 2 heterocycles. The summed E-state index contributed by atoms with van der Waals surface area (Å²) >= 11 is 0. The quantitative estimate of drug-likeness (QED) is 0.881. The maximum absolute atomic E-state index is 10.8. The smallest absolute Gasteiger partial charge is 0.161 e. The van der Waals surface area contributed by atoms with Crippen molar-refractivity contribution in [2.75, 3.05) is 27.3 Å². The number of aliphatic hydroxyl groups is 2. The Morgan fingerprint density at radius 3 is 2.42 bits per heavy atom. The predicted octanol–water partition coefficient (Wildman–Crippen LogP) is 2.00. The fourth-order valence-electron chi connectivity index (χ4n) is 4.33. The van der Waals surface area contributed by atoms with Gasteiger partial charge in [0.05, 0.1) is 32.5 Å². The van der Waals surface area contributed by atoms with Crippen molar-refractivity contribution in [3.63, 3.8) is 0 Å². The van der Waals surface area contributed by atoms with Crippen LogP contribution in [0.1, 0.15) is 37.4 Å². The summed E-state index contributed by atoms with van der Waals surface area (Å²) in [5.41, 5.74) is 2.22. The van der Waals surface area contributed by atoms with Crippen LogP contribution in [-0.4, -0.2) is 54.6 Å². The van der Waals surface area contributed by atoms with Gasteiger partial charge in [-0.15, -0.1) is 0 Å². The minimum Gasteiger partial charge on any atom is -0.493 e. The SMILES string of the molecule is COc1cc2c(cc1OC)C1C(O)C(O)C(CC(C)C)CN1CC2. The summed E-state index contributed by atoms with van der Waals surface area (Å²) < 4.78 is 10.8. The number of piperidine rings is 1. The lowest BCUT2D eigenvalue weighted by molar-refractivity contribution is -0.116. The lowest BCUT2D eigenvalue weighted by atomic mass is 9.77. The third-order valence-corrected chi connectivity index (χ3v) is 5.43. The molecular formula is C19H29NO4. The minimum atomic E-state index is -0.778. The van der Waals surface area contributed by atoms with Crippen LogP contribution in [0.4, 0.5) is 0 Å². The first kappa shape index (κ1) is 17.5. The fourth-order valence-corrected chi connectivity index (χ4v) is 4.33. The number of hydrogen-bond donors (Lipinski definition) is 2. The molecular weight excluding hydrogens is 306 g/mol. The fraction of sp³-hybridized carbons (Fsp3) is 0.684. The van der Waals surface area contributed by atoms with Crippen LogP contribution in [0.2, 0.25) is 0 Å². The van der Waals surface area contributed by atoms with Crippen LogP contribution in [-0.2, 0) is 6.42 Å². The first-order chi connectivity index (χ1) is 11.5. The van der Waals surface area contributed by atoms with Gasteiger partial charge in [-0.05, 0) is 42.0 Å². The lowest BCUT2D eigenvalue weighted by Gasteiger charge is -2.49. The van der Waals surface area contributed by atoms with Gasteiger partial charge in [0, 0.05) is 19.0 Å². The first-order valence-corrected chi connectivity index (χ1v) is 8.81. The van der Waals surface area contributed by atoms with Gasteiger partial charge >= 0.3 is 0 Å². The number of fused-ring (bicyclic) bond motifs is 3. The Hall–Kier alpha value is -1.30. The summed E-state index contributed by atoms with van der Waals surface area (Å²) in [6.07, 6.45) is 0.385. The normalized spacial score (nSPS) is 30.0. The minimum absolute atomic E-state index is 0.123. The van der Waals surface area contributed by atoms with Gasteiger partial charge in [0.15, 0.2) is 11.5 Å². The Kier molecular flexibility index (Phi) is 5.04. The molecule has 0 bridgehead atoms. The molecule has 0 amide bonds. The van der Waals surface area contributed by atoms with Crippen LogP contribution >= 0.6 is 0 Å². The third kappa shape index (κ3) is 3.01. The number of nitrogens with zero attached hydrogens (tertiary/aromatic N) is 1. The average Bonchev–Trinajstić information content (AvgIpc) is 2.57. The Labute approximate surface area is 144 Å². The molecule has 0 aromatic heterocycles. The van der Waals surface area contributed by atoms with Crippen LogP contribution in [0.3, 0.4) is 0 Å². The van der Waals surface area contributed by atoms with E-state index in [2.05, 4.69) is 18.7 Å². The van der Waals surface area contributed by atoms with E-state index in [-0.39, 0.29) is 12.0 Å². The average molecular weight is 335 g/mol. The predicted molar refractivity (Wildman–Crippen MR) is 92.5 cm³/mol. The second kappa shape index (κ2) is 6.90. The monoisotopic (exact) mass is 335 g/mol. The summed E-state index contributed by atoms with van der Waals surface area (Å²) in [6, 6.07) is 3.79. The van der Waals surface area contributed by atoms with E-state index in [0.29, 0.717) is 17.4 Å². The van der Waals surface area contributed by atoms with Gasteiger partial charge in [0.2, 0.25) is 0 Å². The summed E-state index contributed by atoms with van der Waals surface area (Å²) in [6.45, 7) is 6.04. The number of hydrogen-bond acceptors (Lipinski definition) is 5. The molecule has 4 unspecified atom stereocenters. The first-order valence-electron chi connectivity index (χ1n) is 8.81. The largest absolute Gasteiger partial charge is 0.493 e. The van der Waals surface area contributed by atoms with Gasteiger partial charge in [-0.25, -0.2) is 0 Å². The molecule has 1 aromatic rings. The molecule has 24 heavy (non-hydrogen) atoms. The highest BCUT2D eigenvalue weighted by Gasteiger charge is 2.45. The molecule has 4 atom stereocenters. The van der Waals surface area contributed by atoms with E-state index in [1.165, 1.54) is 5.56 Å². The summed E-state index contributed by atoms with van der Waals surface area (Å²) in [5.74, 6) is 2.02. The topological polar surface area (TPSA) is 62.2 Å². The van der Waals surface area contributed by atoms with Crippen LogP contribution in [0.15, 0.2) is 12.1 Å². The Morgan fingerprint density at radius 2 is 1.79 bits per heavy atom. The van der Waals surface area contributed by atoms with Crippen molar-refractivity contribution in [2.45, 2.75) is 44.9 Å². The zero-order valence-electron chi connectivity index (χ0n) is 15.0. The van der Waals surface area contributed by atoms with Gasteiger partial charge in [-0.3, -0.25) is 4.90 Å². The van der Waals surface area contributed by atoms with E-state index >= 15 is 0 Å². The highest BCUT2D eigenvalue weighted by Crippen LogP contribution is 2.43. The molecule has 5 nitrogen and oxygen atoms in total. The van der Waals surface area contributed by atoms with E-state index in [4.69, 9.17) is 9.47 Å². The van der Waals surface area contributed by atoms with Gasteiger partial charge in [-0.2, -0.15) is 0 Å².